The summed E-state index contributed by atoms with van der Waals surface area (Å²) in [6.07, 6.45) is 2.55. The molecule has 1 saturated heterocycles. The Balaban J connectivity index is 1.69. The first kappa shape index (κ1) is 18.2. The average Bonchev–Trinajstić information content (AvgIpc) is 2.85. The van der Waals surface area contributed by atoms with Gasteiger partial charge in [0.1, 0.15) is 5.75 Å². The van der Waals surface area contributed by atoms with Crippen molar-refractivity contribution in [2.45, 2.75) is 6.42 Å². The third-order valence-electron chi connectivity index (χ3n) is 4.82. The molecule has 3 rings (SSSR count). The van der Waals surface area contributed by atoms with Gasteiger partial charge in [-0.2, -0.15) is 0 Å². The SMILES string of the molecule is C=CCN1CCNC[C@@H](Cc2ccc(-c3ccc(OC)cc3)cc2)C1=O. The van der Waals surface area contributed by atoms with Crippen molar-refractivity contribution >= 4 is 5.91 Å². The maximum absolute atomic E-state index is 12.7. The lowest BCUT2D eigenvalue weighted by atomic mass is 9.96. The number of ether oxygens (including phenoxy) is 1. The first-order chi connectivity index (χ1) is 12.7. The number of nitrogens with zero attached hydrogens (tertiary/aromatic N) is 1. The number of hydrogen-bond donors (Lipinski definition) is 1. The molecule has 26 heavy (non-hydrogen) atoms. The molecule has 1 aliphatic rings. The van der Waals surface area contributed by atoms with Crippen LogP contribution in [0, 0.1) is 5.92 Å². The largest absolute Gasteiger partial charge is 0.497 e. The molecule has 136 valence electrons. The van der Waals surface area contributed by atoms with Crippen LogP contribution in [0.15, 0.2) is 61.2 Å². The van der Waals surface area contributed by atoms with Crippen LogP contribution in [0.25, 0.3) is 11.1 Å². The van der Waals surface area contributed by atoms with E-state index in [4.69, 9.17) is 4.74 Å². The van der Waals surface area contributed by atoms with Crippen LogP contribution in [0.2, 0.25) is 0 Å². The third kappa shape index (κ3) is 4.33. The van der Waals surface area contributed by atoms with Crippen molar-refractivity contribution in [3.8, 4) is 16.9 Å². The maximum Gasteiger partial charge on any atom is 0.227 e. The van der Waals surface area contributed by atoms with Crippen molar-refractivity contribution in [3.63, 3.8) is 0 Å². The molecule has 4 nitrogen and oxygen atoms in total. The van der Waals surface area contributed by atoms with Crippen LogP contribution in [0.1, 0.15) is 5.56 Å². The number of amides is 1. The Hall–Kier alpha value is -2.59. The first-order valence-corrected chi connectivity index (χ1v) is 9.05. The van der Waals surface area contributed by atoms with Crippen LogP contribution in [0.3, 0.4) is 0 Å². The van der Waals surface area contributed by atoms with E-state index in [0.717, 1.165) is 42.9 Å². The van der Waals surface area contributed by atoms with Crippen LogP contribution in [-0.4, -0.2) is 44.1 Å². The molecule has 1 fully saturated rings. The molecule has 1 N–H and O–H groups in total. The summed E-state index contributed by atoms with van der Waals surface area (Å²) in [7, 11) is 1.67. The van der Waals surface area contributed by atoms with Crippen molar-refractivity contribution in [1.82, 2.24) is 10.2 Å². The van der Waals surface area contributed by atoms with E-state index in [0.29, 0.717) is 6.54 Å². The highest BCUT2D eigenvalue weighted by Crippen LogP contribution is 2.23. The van der Waals surface area contributed by atoms with Gasteiger partial charge in [0, 0.05) is 26.2 Å². The lowest BCUT2D eigenvalue weighted by Gasteiger charge is -2.22. The summed E-state index contributed by atoms with van der Waals surface area (Å²) >= 11 is 0. The van der Waals surface area contributed by atoms with E-state index < -0.39 is 0 Å². The lowest BCUT2D eigenvalue weighted by molar-refractivity contribution is -0.133. The average molecular weight is 350 g/mol. The van der Waals surface area contributed by atoms with E-state index in [-0.39, 0.29) is 11.8 Å². The van der Waals surface area contributed by atoms with Gasteiger partial charge < -0.3 is 15.0 Å². The smallest absolute Gasteiger partial charge is 0.227 e. The first-order valence-electron chi connectivity index (χ1n) is 9.05. The number of benzene rings is 2. The summed E-state index contributed by atoms with van der Waals surface area (Å²) in [4.78, 5) is 14.6. The van der Waals surface area contributed by atoms with E-state index in [1.165, 1.54) is 5.56 Å². The summed E-state index contributed by atoms with van der Waals surface area (Å²) in [5, 5.41) is 3.38. The summed E-state index contributed by atoms with van der Waals surface area (Å²) in [6.45, 7) is 6.69. The maximum atomic E-state index is 12.7. The molecule has 0 unspecified atom stereocenters. The summed E-state index contributed by atoms with van der Waals surface area (Å²) in [5.74, 6) is 1.05. The van der Waals surface area contributed by atoms with E-state index >= 15 is 0 Å². The van der Waals surface area contributed by atoms with E-state index in [2.05, 4.69) is 48.3 Å². The molecular weight excluding hydrogens is 324 g/mol. The van der Waals surface area contributed by atoms with Crippen LogP contribution in [-0.2, 0) is 11.2 Å². The molecule has 0 aliphatic carbocycles. The zero-order chi connectivity index (χ0) is 18.4. The topological polar surface area (TPSA) is 41.6 Å². The van der Waals surface area contributed by atoms with Crippen LogP contribution in [0.5, 0.6) is 5.75 Å². The summed E-state index contributed by atoms with van der Waals surface area (Å²) < 4.78 is 5.21. The Morgan fingerprint density at radius 3 is 2.42 bits per heavy atom. The van der Waals surface area contributed by atoms with Crippen molar-refractivity contribution in [2.24, 2.45) is 5.92 Å². The van der Waals surface area contributed by atoms with Gasteiger partial charge >= 0.3 is 0 Å². The van der Waals surface area contributed by atoms with E-state index in [1.807, 2.05) is 17.0 Å². The molecule has 1 atom stereocenters. The van der Waals surface area contributed by atoms with Crippen LogP contribution in [0.4, 0.5) is 0 Å². The minimum absolute atomic E-state index is 0.0238. The van der Waals surface area contributed by atoms with Gasteiger partial charge in [-0.15, -0.1) is 6.58 Å². The van der Waals surface area contributed by atoms with Crippen LogP contribution < -0.4 is 10.1 Å². The fourth-order valence-corrected chi connectivity index (χ4v) is 3.34. The molecule has 0 bridgehead atoms. The number of rotatable bonds is 6. The second kappa shape index (κ2) is 8.68. The zero-order valence-electron chi connectivity index (χ0n) is 15.3. The van der Waals surface area contributed by atoms with E-state index in [9.17, 15) is 4.79 Å². The summed E-state index contributed by atoms with van der Waals surface area (Å²) in [5.41, 5.74) is 3.50. The lowest BCUT2D eigenvalue weighted by Crippen LogP contribution is -2.37. The monoisotopic (exact) mass is 350 g/mol. The molecule has 1 heterocycles. The molecule has 1 amide bonds. The van der Waals surface area contributed by atoms with Gasteiger partial charge in [-0.05, 0) is 35.2 Å². The Morgan fingerprint density at radius 1 is 1.15 bits per heavy atom. The third-order valence-corrected chi connectivity index (χ3v) is 4.82. The van der Waals surface area contributed by atoms with Gasteiger partial charge in [0.05, 0.1) is 13.0 Å². The molecule has 0 aromatic heterocycles. The van der Waals surface area contributed by atoms with Gasteiger partial charge in [0.15, 0.2) is 0 Å². The molecule has 2 aromatic rings. The molecule has 0 spiro atoms. The molecule has 2 aromatic carbocycles. The highest BCUT2D eigenvalue weighted by molar-refractivity contribution is 5.80. The Labute approximate surface area is 155 Å². The second-order valence-electron chi connectivity index (χ2n) is 6.60. The minimum Gasteiger partial charge on any atom is -0.497 e. The Morgan fingerprint density at radius 2 is 1.81 bits per heavy atom. The molecular formula is C22H26N2O2. The fraction of sp³-hybridized carbons (Fsp3) is 0.318. The van der Waals surface area contributed by atoms with Gasteiger partial charge in [0.2, 0.25) is 5.91 Å². The number of methoxy groups -OCH3 is 1. The number of nitrogens with one attached hydrogen (secondary N) is 1. The zero-order valence-corrected chi connectivity index (χ0v) is 15.3. The molecule has 4 heteroatoms. The Kier molecular flexibility index (Phi) is 6.08. The van der Waals surface area contributed by atoms with E-state index in [1.54, 1.807) is 13.2 Å². The number of hydrogen-bond acceptors (Lipinski definition) is 3. The molecule has 0 saturated carbocycles. The predicted molar refractivity (Wildman–Crippen MR) is 105 cm³/mol. The normalized spacial score (nSPS) is 17.7. The molecule has 0 radical (unpaired) electrons. The standard InChI is InChI=1S/C22H26N2O2/c1-3-13-24-14-12-23-16-20(22(24)25)15-17-4-6-18(7-5-17)19-8-10-21(26-2)11-9-19/h3-11,20,23H,1,12-16H2,2H3/t20-/m1/s1. The number of carbonyl (C=O) groups is 1. The van der Waals surface area contributed by atoms with Crippen molar-refractivity contribution < 1.29 is 9.53 Å². The minimum atomic E-state index is -0.0238. The van der Waals surface area contributed by atoms with Crippen molar-refractivity contribution in [1.29, 1.82) is 0 Å². The summed E-state index contributed by atoms with van der Waals surface area (Å²) in [6, 6.07) is 16.5. The van der Waals surface area contributed by atoms with Gasteiger partial charge in [-0.25, -0.2) is 0 Å². The van der Waals surface area contributed by atoms with Gasteiger partial charge in [-0.3, -0.25) is 4.79 Å². The van der Waals surface area contributed by atoms with Crippen molar-refractivity contribution in [2.75, 3.05) is 33.3 Å². The highest BCUT2D eigenvalue weighted by Gasteiger charge is 2.26. The highest BCUT2D eigenvalue weighted by atomic mass is 16.5. The van der Waals surface area contributed by atoms with Gasteiger partial charge in [-0.1, -0.05) is 42.5 Å². The molecule has 1 aliphatic heterocycles. The quantitative estimate of drug-likeness (QED) is 0.814. The van der Waals surface area contributed by atoms with Gasteiger partial charge in [0.25, 0.3) is 0 Å². The predicted octanol–water partition coefficient (Wildman–Crippen LogP) is 3.14. The fourth-order valence-electron chi connectivity index (χ4n) is 3.34. The van der Waals surface area contributed by atoms with Crippen molar-refractivity contribution in [3.05, 3.63) is 66.7 Å². The van der Waals surface area contributed by atoms with Crippen LogP contribution >= 0.6 is 0 Å². The second-order valence-corrected chi connectivity index (χ2v) is 6.60. The number of carbonyl (C=O) groups excluding carboxylic acids is 1. The Bertz CT molecular complexity index is 738.